The summed E-state index contributed by atoms with van der Waals surface area (Å²) in [6, 6.07) is 2.52. The van der Waals surface area contributed by atoms with Crippen LogP contribution in [0.15, 0.2) is 12.1 Å². The molecule has 0 spiro atoms. The highest BCUT2D eigenvalue weighted by Gasteiger charge is 2.20. The molecule has 0 amide bonds. The van der Waals surface area contributed by atoms with E-state index in [0.29, 0.717) is 0 Å². The third-order valence-electron chi connectivity index (χ3n) is 3.28. The van der Waals surface area contributed by atoms with Crippen LogP contribution in [0.3, 0.4) is 0 Å². The standard InChI is InChI=1S/C13H15F2NO2/c14-11-9(13(17)18)6-7-10(12(11)15)16-8-4-2-1-3-5-8/h6-8,16H,1-5H2,(H,17,18). The van der Waals surface area contributed by atoms with E-state index >= 15 is 0 Å². The molecular weight excluding hydrogens is 240 g/mol. The molecule has 2 rings (SSSR count). The molecule has 1 aromatic rings. The quantitative estimate of drug-likeness (QED) is 0.870. The van der Waals surface area contributed by atoms with Gasteiger partial charge in [-0.3, -0.25) is 0 Å². The average molecular weight is 255 g/mol. The lowest BCUT2D eigenvalue weighted by Gasteiger charge is -2.24. The highest BCUT2D eigenvalue weighted by molar-refractivity contribution is 5.88. The van der Waals surface area contributed by atoms with Gasteiger partial charge in [-0.25, -0.2) is 13.6 Å². The van der Waals surface area contributed by atoms with Crippen molar-refractivity contribution in [2.24, 2.45) is 0 Å². The minimum Gasteiger partial charge on any atom is -0.478 e. The van der Waals surface area contributed by atoms with Crippen molar-refractivity contribution in [3.05, 3.63) is 29.3 Å². The number of carboxylic acid groups (broad SMARTS) is 1. The van der Waals surface area contributed by atoms with Crippen LogP contribution in [0.5, 0.6) is 0 Å². The van der Waals surface area contributed by atoms with Crippen LogP contribution >= 0.6 is 0 Å². The van der Waals surface area contributed by atoms with E-state index in [1.165, 1.54) is 12.5 Å². The van der Waals surface area contributed by atoms with Gasteiger partial charge in [0, 0.05) is 6.04 Å². The van der Waals surface area contributed by atoms with E-state index in [2.05, 4.69) is 5.32 Å². The van der Waals surface area contributed by atoms with Crippen LogP contribution in [0.1, 0.15) is 42.5 Å². The highest BCUT2D eigenvalue weighted by Crippen LogP contribution is 2.25. The lowest BCUT2D eigenvalue weighted by atomic mass is 9.95. The fraction of sp³-hybridized carbons (Fsp3) is 0.462. The Morgan fingerprint density at radius 3 is 2.44 bits per heavy atom. The van der Waals surface area contributed by atoms with E-state index < -0.39 is 23.2 Å². The van der Waals surface area contributed by atoms with Gasteiger partial charge in [0.15, 0.2) is 11.6 Å². The summed E-state index contributed by atoms with van der Waals surface area (Å²) in [5.41, 5.74) is -0.592. The number of carboxylic acids is 1. The molecule has 1 aliphatic carbocycles. The Morgan fingerprint density at radius 2 is 1.83 bits per heavy atom. The molecule has 0 atom stereocenters. The summed E-state index contributed by atoms with van der Waals surface area (Å²) in [6.07, 6.45) is 5.19. The lowest BCUT2D eigenvalue weighted by molar-refractivity contribution is 0.0690. The first-order chi connectivity index (χ1) is 8.59. The largest absolute Gasteiger partial charge is 0.478 e. The Hall–Kier alpha value is -1.65. The second kappa shape index (κ2) is 5.33. The van der Waals surface area contributed by atoms with Crippen LogP contribution in [0, 0.1) is 11.6 Å². The topological polar surface area (TPSA) is 49.3 Å². The minimum atomic E-state index is -1.46. The molecule has 0 heterocycles. The molecule has 1 fully saturated rings. The summed E-state index contributed by atoms with van der Waals surface area (Å²) < 4.78 is 27.1. The summed E-state index contributed by atoms with van der Waals surface area (Å²) in [5, 5.41) is 11.6. The average Bonchev–Trinajstić information content (AvgIpc) is 2.36. The Morgan fingerprint density at radius 1 is 1.17 bits per heavy atom. The SMILES string of the molecule is O=C(O)c1ccc(NC2CCCCC2)c(F)c1F. The molecule has 5 heteroatoms. The van der Waals surface area contributed by atoms with Crippen molar-refractivity contribution >= 4 is 11.7 Å². The van der Waals surface area contributed by atoms with E-state index in [0.717, 1.165) is 31.7 Å². The van der Waals surface area contributed by atoms with Gasteiger partial charge in [0.2, 0.25) is 0 Å². The molecule has 98 valence electrons. The molecule has 0 unspecified atom stereocenters. The van der Waals surface area contributed by atoms with Crippen LogP contribution in [0.4, 0.5) is 14.5 Å². The predicted octanol–water partition coefficient (Wildman–Crippen LogP) is 3.41. The summed E-state index contributed by atoms with van der Waals surface area (Å²) in [5.74, 6) is -3.88. The summed E-state index contributed by atoms with van der Waals surface area (Å²) in [4.78, 5) is 10.6. The van der Waals surface area contributed by atoms with Gasteiger partial charge in [-0.05, 0) is 25.0 Å². The van der Waals surface area contributed by atoms with Crippen molar-refractivity contribution in [2.45, 2.75) is 38.1 Å². The molecular formula is C13H15F2NO2. The van der Waals surface area contributed by atoms with Crippen LogP contribution in [-0.2, 0) is 0 Å². The normalized spacial score (nSPS) is 16.6. The number of anilines is 1. The van der Waals surface area contributed by atoms with Crippen LogP contribution in [-0.4, -0.2) is 17.1 Å². The molecule has 18 heavy (non-hydrogen) atoms. The molecule has 1 aliphatic rings. The molecule has 0 radical (unpaired) electrons. The summed E-state index contributed by atoms with van der Waals surface area (Å²) in [7, 11) is 0. The number of halogens is 2. The van der Waals surface area contributed by atoms with Crippen molar-refractivity contribution in [1.29, 1.82) is 0 Å². The lowest BCUT2D eigenvalue weighted by Crippen LogP contribution is -2.23. The monoisotopic (exact) mass is 255 g/mol. The van der Waals surface area contributed by atoms with Gasteiger partial charge >= 0.3 is 5.97 Å². The van der Waals surface area contributed by atoms with Crippen molar-refractivity contribution in [3.8, 4) is 0 Å². The van der Waals surface area contributed by atoms with Crippen molar-refractivity contribution in [3.63, 3.8) is 0 Å². The second-order valence-corrected chi connectivity index (χ2v) is 4.57. The van der Waals surface area contributed by atoms with E-state index in [1.54, 1.807) is 0 Å². The van der Waals surface area contributed by atoms with Crippen LogP contribution in [0.2, 0.25) is 0 Å². The highest BCUT2D eigenvalue weighted by atomic mass is 19.2. The second-order valence-electron chi connectivity index (χ2n) is 4.57. The van der Waals surface area contributed by atoms with Crippen molar-refractivity contribution in [1.82, 2.24) is 0 Å². The zero-order valence-corrected chi connectivity index (χ0v) is 9.88. The molecule has 0 saturated heterocycles. The molecule has 3 nitrogen and oxygen atoms in total. The summed E-state index contributed by atoms with van der Waals surface area (Å²) in [6.45, 7) is 0. The van der Waals surface area contributed by atoms with Crippen molar-refractivity contribution in [2.75, 3.05) is 5.32 Å². The number of nitrogens with one attached hydrogen (secondary N) is 1. The molecule has 2 N–H and O–H groups in total. The number of hydrogen-bond acceptors (Lipinski definition) is 2. The first kappa shape index (κ1) is 12.8. The Kier molecular flexibility index (Phi) is 3.79. The number of rotatable bonds is 3. The first-order valence-corrected chi connectivity index (χ1v) is 6.07. The Balaban J connectivity index is 2.18. The first-order valence-electron chi connectivity index (χ1n) is 6.07. The minimum absolute atomic E-state index is 0.0457. The molecule has 1 aromatic carbocycles. The van der Waals surface area contributed by atoms with E-state index in [4.69, 9.17) is 5.11 Å². The van der Waals surface area contributed by atoms with Gasteiger partial charge < -0.3 is 10.4 Å². The third kappa shape index (κ3) is 2.60. The maximum absolute atomic E-state index is 13.7. The fourth-order valence-corrected chi connectivity index (χ4v) is 2.29. The maximum atomic E-state index is 13.7. The van der Waals surface area contributed by atoms with Crippen LogP contribution < -0.4 is 5.32 Å². The predicted molar refractivity (Wildman–Crippen MR) is 63.8 cm³/mol. The van der Waals surface area contributed by atoms with Gasteiger partial charge in [-0.15, -0.1) is 0 Å². The van der Waals surface area contributed by atoms with Gasteiger partial charge in [0.1, 0.15) is 0 Å². The molecule has 0 aliphatic heterocycles. The Labute approximate surface area is 104 Å². The van der Waals surface area contributed by atoms with E-state index in [-0.39, 0.29) is 11.7 Å². The van der Waals surface area contributed by atoms with E-state index in [1.807, 2.05) is 0 Å². The van der Waals surface area contributed by atoms with Crippen molar-refractivity contribution < 1.29 is 18.7 Å². The number of benzene rings is 1. The van der Waals surface area contributed by atoms with Gasteiger partial charge in [0.05, 0.1) is 11.3 Å². The number of hydrogen-bond donors (Lipinski definition) is 2. The van der Waals surface area contributed by atoms with Gasteiger partial charge in [-0.1, -0.05) is 19.3 Å². The zero-order valence-electron chi connectivity index (χ0n) is 9.88. The van der Waals surface area contributed by atoms with Crippen LogP contribution in [0.25, 0.3) is 0 Å². The molecule has 0 bridgehead atoms. The van der Waals surface area contributed by atoms with Gasteiger partial charge in [0.25, 0.3) is 0 Å². The molecule has 1 saturated carbocycles. The fourth-order valence-electron chi connectivity index (χ4n) is 2.29. The summed E-state index contributed by atoms with van der Waals surface area (Å²) >= 11 is 0. The number of carbonyl (C=O) groups is 1. The zero-order chi connectivity index (χ0) is 13.1. The van der Waals surface area contributed by atoms with E-state index in [9.17, 15) is 13.6 Å². The maximum Gasteiger partial charge on any atom is 0.338 e. The third-order valence-corrected chi connectivity index (χ3v) is 3.28. The molecule has 0 aromatic heterocycles. The van der Waals surface area contributed by atoms with Gasteiger partial charge in [-0.2, -0.15) is 0 Å². The Bertz CT molecular complexity index is 457. The smallest absolute Gasteiger partial charge is 0.338 e. The number of aromatic carboxylic acids is 1.